The summed E-state index contributed by atoms with van der Waals surface area (Å²) in [6, 6.07) is 0. The highest BCUT2D eigenvalue weighted by atomic mass is 15.2. The van der Waals surface area contributed by atoms with Gasteiger partial charge in [-0.05, 0) is 44.9 Å². The van der Waals surface area contributed by atoms with Crippen LogP contribution in [0.4, 0.5) is 0 Å². The van der Waals surface area contributed by atoms with Crippen molar-refractivity contribution < 1.29 is 0 Å². The van der Waals surface area contributed by atoms with Gasteiger partial charge in [0.1, 0.15) is 0 Å². The zero-order chi connectivity index (χ0) is 9.76. The van der Waals surface area contributed by atoms with Crippen LogP contribution in [0.1, 0.15) is 46.0 Å². The summed E-state index contributed by atoms with van der Waals surface area (Å²) >= 11 is 0. The lowest BCUT2D eigenvalue weighted by Crippen LogP contribution is -2.45. The Labute approximate surface area is 87.2 Å². The van der Waals surface area contributed by atoms with Gasteiger partial charge >= 0.3 is 0 Å². The Balaban J connectivity index is 2.00. The van der Waals surface area contributed by atoms with Crippen molar-refractivity contribution in [2.45, 2.75) is 51.5 Å². The molecule has 2 unspecified atom stereocenters. The summed E-state index contributed by atoms with van der Waals surface area (Å²) < 4.78 is 0. The summed E-state index contributed by atoms with van der Waals surface area (Å²) in [5.41, 5.74) is 4.15. The zero-order valence-corrected chi connectivity index (χ0v) is 9.47. The SMILES string of the molecule is CC1CN2CCC3=C(CCC3)C2(C)C1. The van der Waals surface area contributed by atoms with E-state index in [9.17, 15) is 0 Å². The molecule has 0 amide bonds. The summed E-state index contributed by atoms with van der Waals surface area (Å²) in [4.78, 5) is 2.75. The maximum absolute atomic E-state index is 2.75. The molecule has 0 radical (unpaired) electrons. The maximum Gasteiger partial charge on any atom is 0.0398 e. The molecule has 0 N–H and O–H groups in total. The number of rotatable bonds is 0. The zero-order valence-electron chi connectivity index (χ0n) is 9.47. The molecule has 0 aromatic heterocycles. The van der Waals surface area contributed by atoms with Crippen LogP contribution in [0.5, 0.6) is 0 Å². The van der Waals surface area contributed by atoms with E-state index < -0.39 is 0 Å². The summed E-state index contributed by atoms with van der Waals surface area (Å²) in [6.45, 7) is 7.59. The van der Waals surface area contributed by atoms with Crippen LogP contribution >= 0.6 is 0 Å². The van der Waals surface area contributed by atoms with Gasteiger partial charge in [-0.15, -0.1) is 0 Å². The molecule has 3 aliphatic rings. The highest BCUT2D eigenvalue weighted by Crippen LogP contribution is 2.48. The monoisotopic (exact) mass is 191 g/mol. The van der Waals surface area contributed by atoms with Crippen molar-refractivity contribution in [1.82, 2.24) is 4.90 Å². The minimum atomic E-state index is 0.476. The molecule has 2 atom stereocenters. The van der Waals surface area contributed by atoms with Gasteiger partial charge in [0, 0.05) is 18.6 Å². The van der Waals surface area contributed by atoms with E-state index in [2.05, 4.69) is 18.7 Å². The van der Waals surface area contributed by atoms with Gasteiger partial charge in [0.15, 0.2) is 0 Å². The van der Waals surface area contributed by atoms with Crippen LogP contribution in [0.25, 0.3) is 0 Å². The van der Waals surface area contributed by atoms with E-state index in [4.69, 9.17) is 0 Å². The molecular weight excluding hydrogens is 170 g/mol. The molecule has 1 aliphatic carbocycles. The lowest BCUT2D eigenvalue weighted by atomic mass is 9.81. The number of fused-ring (bicyclic) bond motifs is 2. The summed E-state index contributed by atoms with van der Waals surface area (Å²) in [7, 11) is 0. The van der Waals surface area contributed by atoms with Gasteiger partial charge in [-0.3, -0.25) is 4.90 Å². The molecule has 14 heavy (non-hydrogen) atoms. The van der Waals surface area contributed by atoms with E-state index in [0.29, 0.717) is 5.54 Å². The quantitative estimate of drug-likeness (QED) is 0.532. The lowest BCUT2D eigenvalue weighted by Gasteiger charge is -2.41. The number of hydrogen-bond donors (Lipinski definition) is 0. The van der Waals surface area contributed by atoms with Crippen molar-refractivity contribution >= 4 is 0 Å². The fourth-order valence-electron chi connectivity index (χ4n) is 4.10. The van der Waals surface area contributed by atoms with Crippen LogP contribution in [0.15, 0.2) is 11.1 Å². The van der Waals surface area contributed by atoms with Gasteiger partial charge < -0.3 is 0 Å². The van der Waals surface area contributed by atoms with Crippen LogP contribution in [-0.2, 0) is 0 Å². The van der Waals surface area contributed by atoms with Crippen LogP contribution in [0, 0.1) is 5.92 Å². The van der Waals surface area contributed by atoms with E-state index in [-0.39, 0.29) is 0 Å². The fraction of sp³-hybridized carbons (Fsp3) is 0.846. The molecule has 2 aliphatic heterocycles. The van der Waals surface area contributed by atoms with Crippen LogP contribution in [0.3, 0.4) is 0 Å². The van der Waals surface area contributed by atoms with Gasteiger partial charge in [-0.1, -0.05) is 18.1 Å². The van der Waals surface area contributed by atoms with Gasteiger partial charge in [-0.2, -0.15) is 0 Å². The normalized spacial score (nSPS) is 42.9. The van der Waals surface area contributed by atoms with Crippen molar-refractivity contribution in [3.05, 3.63) is 11.1 Å². The highest BCUT2D eigenvalue weighted by Gasteiger charge is 2.46. The molecule has 0 aromatic carbocycles. The Hall–Kier alpha value is -0.300. The van der Waals surface area contributed by atoms with E-state index >= 15 is 0 Å². The second-order valence-corrected chi connectivity index (χ2v) is 5.71. The van der Waals surface area contributed by atoms with Gasteiger partial charge in [0.2, 0.25) is 0 Å². The Bertz CT molecular complexity index is 292. The minimum absolute atomic E-state index is 0.476. The van der Waals surface area contributed by atoms with Crippen molar-refractivity contribution in [3.63, 3.8) is 0 Å². The predicted molar refractivity (Wildman–Crippen MR) is 59.3 cm³/mol. The van der Waals surface area contributed by atoms with Gasteiger partial charge in [-0.25, -0.2) is 0 Å². The van der Waals surface area contributed by atoms with Crippen LogP contribution in [-0.4, -0.2) is 23.5 Å². The number of nitrogens with zero attached hydrogens (tertiary/aromatic N) is 1. The minimum Gasteiger partial charge on any atom is -0.294 e. The van der Waals surface area contributed by atoms with Gasteiger partial charge in [0.05, 0.1) is 0 Å². The summed E-state index contributed by atoms with van der Waals surface area (Å²) in [5, 5.41) is 0. The summed E-state index contributed by atoms with van der Waals surface area (Å²) in [5.74, 6) is 0.910. The largest absolute Gasteiger partial charge is 0.294 e. The van der Waals surface area contributed by atoms with Crippen molar-refractivity contribution in [2.24, 2.45) is 5.92 Å². The second-order valence-electron chi connectivity index (χ2n) is 5.71. The lowest BCUT2D eigenvalue weighted by molar-refractivity contribution is 0.176. The molecule has 1 fully saturated rings. The molecule has 1 heteroatoms. The first-order chi connectivity index (χ1) is 6.70. The predicted octanol–water partition coefficient (Wildman–Crippen LogP) is 2.97. The molecular formula is C13H21N. The molecule has 78 valence electrons. The van der Waals surface area contributed by atoms with Crippen LogP contribution in [0.2, 0.25) is 0 Å². The average Bonchev–Trinajstić information content (AvgIpc) is 2.67. The van der Waals surface area contributed by atoms with Crippen molar-refractivity contribution in [2.75, 3.05) is 13.1 Å². The van der Waals surface area contributed by atoms with Gasteiger partial charge in [0.25, 0.3) is 0 Å². The van der Waals surface area contributed by atoms with E-state index in [1.165, 1.54) is 45.2 Å². The third kappa shape index (κ3) is 1.05. The number of hydrogen-bond acceptors (Lipinski definition) is 1. The first-order valence-corrected chi connectivity index (χ1v) is 6.16. The standard InChI is InChI=1S/C13H21N/c1-10-8-13(2)12-5-3-4-11(12)6-7-14(13)9-10/h10H,3-9H2,1-2H3. The second kappa shape index (κ2) is 2.85. The fourth-order valence-corrected chi connectivity index (χ4v) is 4.10. The molecule has 0 spiro atoms. The Kier molecular flexibility index (Phi) is 1.82. The molecule has 1 saturated heterocycles. The van der Waals surface area contributed by atoms with Crippen molar-refractivity contribution in [1.29, 1.82) is 0 Å². The first-order valence-electron chi connectivity index (χ1n) is 6.16. The third-order valence-corrected chi connectivity index (χ3v) is 4.64. The Morgan fingerprint density at radius 2 is 2.14 bits per heavy atom. The van der Waals surface area contributed by atoms with E-state index in [1.807, 2.05) is 11.1 Å². The summed E-state index contributed by atoms with van der Waals surface area (Å²) in [6.07, 6.45) is 7.02. The third-order valence-electron chi connectivity index (χ3n) is 4.64. The molecule has 2 heterocycles. The topological polar surface area (TPSA) is 3.24 Å². The van der Waals surface area contributed by atoms with E-state index in [0.717, 1.165) is 5.92 Å². The maximum atomic E-state index is 2.75. The molecule has 0 saturated carbocycles. The Morgan fingerprint density at radius 3 is 3.00 bits per heavy atom. The first kappa shape index (κ1) is 8.96. The highest BCUT2D eigenvalue weighted by molar-refractivity contribution is 5.34. The Morgan fingerprint density at radius 1 is 1.29 bits per heavy atom. The van der Waals surface area contributed by atoms with Crippen molar-refractivity contribution in [3.8, 4) is 0 Å². The molecule has 0 aromatic rings. The smallest absolute Gasteiger partial charge is 0.0398 e. The molecule has 3 rings (SSSR count). The van der Waals surface area contributed by atoms with E-state index in [1.54, 1.807) is 0 Å². The average molecular weight is 191 g/mol. The van der Waals surface area contributed by atoms with Crippen LogP contribution < -0.4 is 0 Å². The molecule has 1 nitrogen and oxygen atoms in total. The molecule has 0 bridgehead atoms.